The molecule has 2 rings (SSSR count). The van der Waals surface area contributed by atoms with Gasteiger partial charge in [-0.3, -0.25) is 4.79 Å². The Morgan fingerprint density at radius 2 is 1.73 bits per heavy atom. The van der Waals surface area contributed by atoms with Crippen LogP contribution in [-0.4, -0.2) is 36.6 Å². The van der Waals surface area contributed by atoms with E-state index in [1.807, 2.05) is 6.92 Å². The van der Waals surface area contributed by atoms with E-state index in [0.717, 1.165) is 12.1 Å². The number of hydrogen-bond donors (Lipinski definition) is 4. The number of aromatic hydroxyl groups is 1. The lowest BCUT2D eigenvalue weighted by Crippen LogP contribution is -2.38. The minimum atomic E-state index is -4.35. The topological polar surface area (TPSA) is 85.8 Å². The van der Waals surface area contributed by atoms with Crippen LogP contribution in [0.2, 0.25) is 0 Å². The van der Waals surface area contributed by atoms with E-state index >= 15 is 0 Å². The first kappa shape index (κ1) is 23.1. The van der Waals surface area contributed by atoms with E-state index in [-0.39, 0.29) is 18.2 Å². The number of carbonyl (C=O) groups excluding carboxylic acids is 1. The fraction of sp³-hybridized carbons (Fsp3) is 0.333. The molecule has 0 aliphatic rings. The van der Waals surface area contributed by atoms with E-state index in [1.54, 1.807) is 12.1 Å². The zero-order valence-electron chi connectivity index (χ0n) is 16.6. The van der Waals surface area contributed by atoms with Crippen LogP contribution in [0.1, 0.15) is 34.8 Å². The van der Waals surface area contributed by atoms with Gasteiger partial charge in [0.2, 0.25) is 0 Å². The monoisotopic (exact) mass is 422 g/mol. The van der Waals surface area contributed by atoms with Crippen LogP contribution in [0.4, 0.5) is 13.2 Å². The number of amides is 1. The Kier molecular flexibility index (Phi) is 8.52. The molecule has 1 amide bonds. The summed E-state index contributed by atoms with van der Waals surface area (Å²) in [5.74, 6) is 0.300. The Bertz CT molecular complexity index is 852. The highest BCUT2D eigenvalue weighted by Crippen LogP contribution is 2.29. The number of halogens is 3. The van der Waals surface area contributed by atoms with Crippen LogP contribution >= 0.6 is 0 Å². The van der Waals surface area contributed by atoms with Crippen molar-refractivity contribution >= 4 is 11.9 Å². The van der Waals surface area contributed by atoms with Gasteiger partial charge in [-0.05, 0) is 49.2 Å². The van der Waals surface area contributed by atoms with Gasteiger partial charge in [0.25, 0.3) is 5.91 Å². The molecule has 0 fully saturated rings. The smallest absolute Gasteiger partial charge is 0.416 e. The number of rotatable bonds is 8. The number of phenolic OH excluding ortho intramolecular Hbond substituents is 1. The number of nitrogens with one attached hydrogen (secondary N) is 3. The summed E-state index contributed by atoms with van der Waals surface area (Å²) in [4.78, 5) is 16.4. The third-order valence-electron chi connectivity index (χ3n) is 4.09. The Hall–Kier alpha value is -3.23. The molecule has 6 nitrogen and oxygen atoms in total. The summed E-state index contributed by atoms with van der Waals surface area (Å²) < 4.78 is 37.8. The molecule has 0 aliphatic carbocycles. The van der Waals surface area contributed by atoms with E-state index < -0.39 is 11.7 Å². The largest absolute Gasteiger partial charge is 0.508 e. The van der Waals surface area contributed by atoms with Crippen molar-refractivity contribution in [3.63, 3.8) is 0 Å². The van der Waals surface area contributed by atoms with Crippen LogP contribution < -0.4 is 16.0 Å². The first-order chi connectivity index (χ1) is 14.3. The van der Waals surface area contributed by atoms with Crippen LogP contribution in [0.15, 0.2) is 53.5 Å². The van der Waals surface area contributed by atoms with Crippen molar-refractivity contribution in [1.29, 1.82) is 0 Å². The lowest BCUT2D eigenvalue weighted by atomic mass is 10.1. The van der Waals surface area contributed by atoms with E-state index in [4.69, 9.17) is 0 Å². The lowest BCUT2D eigenvalue weighted by Gasteiger charge is -2.12. The molecule has 2 aromatic rings. The predicted octanol–water partition coefficient (Wildman–Crippen LogP) is 3.29. The van der Waals surface area contributed by atoms with Gasteiger partial charge in [-0.25, -0.2) is 4.99 Å². The zero-order chi connectivity index (χ0) is 22.0. The van der Waals surface area contributed by atoms with Crippen molar-refractivity contribution < 1.29 is 23.1 Å². The lowest BCUT2D eigenvalue weighted by molar-refractivity contribution is -0.137. The fourth-order valence-corrected chi connectivity index (χ4v) is 2.56. The van der Waals surface area contributed by atoms with Crippen LogP contribution in [0, 0.1) is 0 Å². The van der Waals surface area contributed by atoms with Crippen LogP contribution in [-0.2, 0) is 12.7 Å². The molecule has 0 spiro atoms. The molecule has 30 heavy (non-hydrogen) atoms. The highest BCUT2D eigenvalue weighted by molar-refractivity contribution is 5.94. The first-order valence-electron chi connectivity index (χ1n) is 9.55. The Labute approximate surface area is 173 Å². The molecular formula is C21H25F3N4O2. The van der Waals surface area contributed by atoms with Gasteiger partial charge in [0, 0.05) is 25.2 Å². The van der Waals surface area contributed by atoms with Crippen molar-refractivity contribution in [2.45, 2.75) is 26.1 Å². The zero-order valence-corrected chi connectivity index (χ0v) is 16.6. The molecule has 0 radical (unpaired) electrons. The van der Waals surface area contributed by atoms with Crippen molar-refractivity contribution in [3.8, 4) is 5.75 Å². The molecule has 0 bridgehead atoms. The van der Waals surface area contributed by atoms with E-state index in [9.17, 15) is 23.1 Å². The fourth-order valence-electron chi connectivity index (χ4n) is 2.56. The summed E-state index contributed by atoms with van der Waals surface area (Å²) in [6.07, 6.45) is -3.72. The van der Waals surface area contributed by atoms with E-state index in [2.05, 4.69) is 20.9 Å². The van der Waals surface area contributed by atoms with Crippen LogP contribution in [0.5, 0.6) is 5.75 Å². The number of guanidine groups is 1. The molecule has 0 heterocycles. The standard InChI is InChI=1S/C21H25F3N4O2/c1-2-25-20(28-14-15-7-9-17(10-8-15)21(22,23)24)27-12-4-11-26-19(30)16-5-3-6-18(29)13-16/h3,5-10,13,29H,2,4,11-12,14H2,1H3,(H,26,30)(H2,25,27,28). The molecule has 0 saturated carbocycles. The van der Waals surface area contributed by atoms with Gasteiger partial charge in [-0.1, -0.05) is 18.2 Å². The number of benzene rings is 2. The SMILES string of the molecule is CCNC(=NCc1ccc(C(F)(F)F)cc1)NCCCNC(=O)c1cccc(O)c1. The van der Waals surface area contributed by atoms with Gasteiger partial charge >= 0.3 is 6.18 Å². The Morgan fingerprint density at radius 3 is 2.37 bits per heavy atom. The number of phenols is 1. The van der Waals surface area contributed by atoms with Crippen molar-refractivity contribution in [2.24, 2.45) is 4.99 Å². The minimum absolute atomic E-state index is 0.0313. The maximum atomic E-state index is 12.6. The number of alkyl halides is 3. The van der Waals surface area contributed by atoms with Gasteiger partial charge in [-0.15, -0.1) is 0 Å². The van der Waals surface area contributed by atoms with Crippen molar-refractivity contribution in [1.82, 2.24) is 16.0 Å². The molecule has 2 aromatic carbocycles. The number of hydrogen-bond acceptors (Lipinski definition) is 3. The number of aliphatic imine (C=N–C) groups is 1. The molecule has 4 N–H and O–H groups in total. The summed E-state index contributed by atoms with van der Waals surface area (Å²) in [6, 6.07) is 11.0. The summed E-state index contributed by atoms with van der Waals surface area (Å²) in [6.45, 7) is 3.75. The summed E-state index contributed by atoms with van der Waals surface area (Å²) in [5.41, 5.74) is 0.362. The quantitative estimate of drug-likeness (QED) is 0.299. The highest BCUT2D eigenvalue weighted by Gasteiger charge is 2.29. The molecule has 9 heteroatoms. The number of carbonyl (C=O) groups is 1. The number of nitrogens with zero attached hydrogens (tertiary/aromatic N) is 1. The maximum absolute atomic E-state index is 12.6. The molecule has 0 aromatic heterocycles. The average Bonchev–Trinajstić information content (AvgIpc) is 2.71. The normalized spacial score (nSPS) is 11.8. The van der Waals surface area contributed by atoms with E-state index in [0.29, 0.717) is 43.1 Å². The predicted molar refractivity (Wildman–Crippen MR) is 109 cm³/mol. The molecule has 0 unspecified atom stereocenters. The van der Waals surface area contributed by atoms with Crippen molar-refractivity contribution in [3.05, 3.63) is 65.2 Å². The third kappa shape index (κ3) is 7.65. The van der Waals surface area contributed by atoms with Gasteiger partial charge in [0.15, 0.2) is 5.96 Å². The second-order valence-corrected chi connectivity index (χ2v) is 6.48. The van der Waals surface area contributed by atoms with Gasteiger partial charge < -0.3 is 21.1 Å². The van der Waals surface area contributed by atoms with Gasteiger partial charge in [-0.2, -0.15) is 13.2 Å². The van der Waals surface area contributed by atoms with E-state index in [1.165, 1.54) is 24.3 Å². The molecule has 0 aliphatic heterocycles. The van der Waals surface area contributed by atoms with Crippen LogP contribution in [0.3, 0.4) is 0 Å². The second-order valence-electron chi connectivity index (χ2n) is 6.48. The second kappa shape index (κ2) is 11.1. The summed E-state index contributed by atoms with van der Waals surface area (Å²) in [7, 11) is 0. The Morgan fingerprint density at radius 1 is 1.03 bits per heavy atom. The highest BCUT2D eigenvalue weighted by atomic mass is 19.4. The maximum Gasteiger partial charge on any atom is 0.416 e. The minimum Gasteiger partial charge on any atom is -0.508 e. The van der Waals surface area contributed by atoms with Crippen LogP contribution in [0.25, 0.3) is 0 Å². The summed E-state index contributed by atoms with van der Waals surface area (Å²) >= 11 is 0. The molecular weight excluding hydrogens is 397 g/mol. The van der Waals surface area contributed by atoms with Crippen molar-refractivity contribution in [2.75, 3.05) is 19.6 Å². The average molecular weight is 422 g/mol. The van der Waals surface area contributed by atoms with Gasteiger partial charge in [0.05, 0.1) is 12.1 Å². The van der Waals surface area contributed by atoms with Gasteiger partial charge in [0.1, 0.15) is 5.75 Å². The Balaban J connectivity index is 1.77. The first-order valence-corrected chi connectivity index (χ1v) is 9.55. The third-order valence-corrected chi connectivity index (χ3v) is 4.09. The molecule has 0 saturated heterocycles. The summed E-state index contributed by atoms with van der Waals surface area (Å²) in [5, 5.41) is 18.4. The molecule has 162 valence electrons. The molecule has 0 atom stereocenters.